The van der Waals surface area contributed by atoms with E-state index in [-0.39, 0.29) is 5.54 Å². The van der Waals surface area contributed by atoms with E-state index in [4.69, 9.17) is 5.73 Å². The van der Waals surface area contributed by atoms with Crippen molar-refractivity contribution >= 4 is 0 Å². The van der Waals surface area contributed by atoms with Crippen LogP contribution in [0.15, 0.2) is 42.6 Å². The number of nitrogens with two attached hydrogens (primary N) is 1. The van der Waals surface area contributed by atoms with E-state index in [1.165, 1.54) is 28.8 Å². The fourth-order valence-corrected chi connectivity index (χ4v) is 3.37. The van der Waals surface area contributed by atoms with Gasteiger partial charge < -0.3 is 5.73 Å². The first-order valence-corrected chi connectivity index (χ1v) is 7.39. The third kappa shape index (κ3) is 2.25. The van der Waals surface area contributed by atoms with Crippen LogP contribution in [0.25, 0.3) is 0 Å². The van der Waals surface area contributed by atoms with E-state index in [0.717, 1.165) is 12.8 Å². The van der Waals surface area contributed by atoms with Gasteiger partial charge in [0.05, 0.1) is 0 Å². The third-order valence-corrected chi connectivity index (χ3v) is 4.56. The molecular weight excluding hydrogens is 244 g/mol. The second-order valence-corrected chi connectivity index (χ2v) is 6.14. The molecule has 0 fully saturated rings. The summed E-state index contributed by atoms with van der Waals surface area (Å²) in [5, 5.41) is 0. The minimum absolute atomic E-state index is 0.300. The van der Waals surface area contributed by atoms with Crippen molar-refractivity contribution in [1.29, 1.82) is 0 Å². The number of nitrogens with zero attached hydrogens (tertiary/aromatic N) is 1. The zero-order valence-electron chi connectivity index (χ0n) is 12.3. The SMILES string of the molecule is Cc1cccc(C(C)(N)C2CCCc3cccnc32)c1. The topological polar surface area (TPSA) is 38.9 Å². The summed E-state index contributed by atoms with van der Waals surface area (Å²) < 4.78 is 0. The van der Waals surface area contributed by atoms with Crippen molar-refractivity contribution in [2.45, 2.75) is 44.6 Å². The van der Waals surface area contributed by atoms with Gasteiger partial charge >= 0.3 is 0 Å². The van der Waals surface area contributed by atoms with Gasteiger partial charge in [-0.2, -0.15) is 0 Å². The number of benzene rings is 1. The number of fused-ring (bicyclic) bond motifs is 1. The molecule has 2 aromatic rings. The smallest absolute Gasteiger partial charge is 0.0488 e. The molecule has 2 nitrogen and oxygen atoms in total. The normalized spacial score (nSPS) is 21.1. The van der Waals surface area contributed by atoms with Gasteiger partial charge in [0.25, 0.3) is 0 Å². The van der Waals surface area contributed by atoms with Gasteiger partial charge in [-0.05, 0) is 50.3 Å². The third-order valence-electron chi connectivity index (χ3n) is 4.56. The van der Waals surface area contributed by atoms with E-state index in [2.05, 4.69) is 49.2 Å². The van der Waals surface area contributed by atoms with Crippen LogP contribution >= 0.6 is 0 Å². The van der Waals surface area contributed by atoms with Crippen LogP contribution in [0.4, 0.5) is 0 Å². The van der Waals surface area contributed by atoms with Crippen molar-refractivity contribution in [3.8, 4) is 0 Å². The largest absolute Gasteiger partial charge is 0.321 e. The number of rotatable bonds is 2. The maximum atomic E-state index is 6.76. The van der Waals surface area contributed by atoms with E-state index < -0.39 is 0 Å². The first-order valence-electron chi connectivity index (χ1n) is 7.39. The van der Waals surface area contributed by atoms with Crippen molar-refractivity contribution in [2.75, 3.05) is 0 Å². The lowest BCUT2D eigenvalue weighted by Gasteiger charge is -2.38. The number of aryl methyl sites for hydroxylation is 2. The molecule has 3 rings (SSSR count). The fourth-order valence-electron chi connectivity index (χ4n) is 3.37. The van der Waals surface area contributed by atoms with Crippen LogP contribution < -0.4 is 5.73 Å². The van der Waals surface area contributed by atoms with E-state index in [0.29, 0.717) is 5.92 Å². The van der Waals surface area contributed by atoms with Crippen molar-refractivity contribution in [3.05, 3.63) is 65.0 Å². The summed E-state index contributed by atoms with van der Waals surface area (Å²) >= 11 is 0. The van der Waals surface area contributed by atoms with Crippen molar-refractivity contribution in [3.63, 3.8) is 0 Å². The molecule has 1 aliphatic rings. The predicted octanol–water partition coefficient (Wildman–Crippen LogP) is 3.68. The Morgan fingerprint density at radius 1 is 1.25 bits per heavy atom. The van der Waals surface area contributed by atoms with E-state index >= 15 is 0 Å². The molecule has 0 bridgehead atoms. The summed E-state index contributed by atoms with van der Waals surface area (Å²) in [5.41, 5.74) is 11.4. The van der Waals surface area contributed by atoms with Crippen LogP contribution in [0, 0.1) is 6.92 Å². The van der Waals surface area contributed by atoms with Crippen LogP contribution in [-0.4, -0.2) is 4.98 Å². The number of hydrogen-bond acceptors (Lipinski definition) is 2. The van der Waals surface area contributed by atoms with Crippen LogP contribution in [0.3, 0.4) is 0 Å². The predicted molar refractivity (Wildman–Crippen MR) is 82.6 cm³/mol. The Bertz CT molecular complexity index is 616. The Morgan fingerprint density at radius 3 is 2.90 bits per heavy atom. The highest BCUT2D eigenvalue weighted by Gasteiger charge is 2.36. The second-order valence-electron chi connectivity index (χ2n) is 6.14. The van der Waals surface area contributed by atoms with Crippen LogP contribution in [0.5, 0.6) is 0 Å². The van der Waals surface area contributed by atoms with Crippen molar-refractivity contribution in [1.82, 2.24) is 4.98 Å². The molecule has 1 heterocycles. The average molecular weight is 266 g/mol. The molecule has 104 valence electrons. The monoisotopic (exact) mass is 266 g/mol. The molecule has 0 saturated heterocycles. The highest BCUT2D eigenvalue weighted by molar-refractivity contribution is 5.36. The summed E-state index contributed by atoms with van der Waals surface area (Å²) in [7, 11) is 0. The first kappa shape index (κ1) is 13.3. The lowest BCUT2D eigenvalue weighted by atomic mass is 9.71. The number of pyridine rings is 1. The average Bonchev–Trinajstić information content (AvgIpc) is 2.46. The lowest BCUT2D eigenvalue weighted by Crippen LogP contribution is -2.41. The van der Waals surface area contributed by atoms with Gasteiger partial charge in [-0.25, -0.2) is 0 Å². The highest BCUT2D eigenvalue weighted by atomic mass is 14.8. The van der Waals surface area contributed by atoms with Gasteiger partial charge in [0, 0.05) is 23.3 Å². The number of hydrogen-bond donors (Lipinski definition) is 1. The molecule has 0 radical (unpaired) electrons. The maximum Gasteiger partial charge on any atom is 0.0488 e. The van der Waals surface area contributed by atoms with Crippen LogP contribution in [0.2, 0.25) is 0 Å². The van der Waals surface area contributed by atoms with Gasteiger partial charge in [-0.1, -0.05) is 35.9 Å². The van der Waals surface area contributed by atoms with Crippen molar-refractivity contribution < 1.29 is 0 Å². The van der Waals surface area contributed by atoms with Gasteiger partial charge in [0.1, 0.15) is 0 Å². The van der Waals surface area contributed by atoms with E-state index in [1.54, 1.807) is 0 Å². The summed E-state index contributed by atoms with van der Waals surface area (Å²) in [5.74, 6) is 0.300. The lowest BCUT2D eigenvalue weighted by molar-refractivity contribution is 0.341. The fraction of sp³-hybridized carbons (Fsp3) is 0.389. The molecule has 0 spiro atoms. The molecule has 2 unspecified atom stereocenters. The van der Waals surface area contributed by atoms with E-state index in [1.807, 2.05) is 12.3 Å². The molecule has 0 saturated carbocycles. The van der Waals surface area contributed by atoms with Crippen LogP contribution in [0.1, 0.15) is 48.1 Å². The summed E-state index contributed by atoms with van der Waals surface area (Å²) in [4.78, 5) is 4.63. The molecule has 1 aromatic heterocycles. The molecular formula is C18H22N2. The second kappa shape index (κ2) is 5.02. The van der Waals surface area contributed by atoms with Gasteiger partial charge in [0.15, 0.2) is 0 Å². The Labute approximate surface area is 121 Å². The summed E-state index contributed by atoms with van der Waals surface area (Å²) in [6.45, 7) is 4.27. The molecule has 1 aliphatic carbocycles. The zero-order chi connectivity index (χ0) is 14.2. The quantitative estimate of drug-likeness (QED) is 0.900. The Kier molecular flexibility index (Phi) is 3.35. The summed E-state index contributed by atoms with van der Waals surface area (Å²) in [6.07, 6.45) is 5.33. The van der Waals surface area contributed by atoms with Gasteiger partial charge in [-0.3, -0.25) is 4.98 Å². The van der Waals surface area contributed by atoms with Crippen molar-refractivity contribution in [2.24, 2.45) is 5.73 Å². The molecule has 2 heteroatoms. The molecule has 0 aliphatic heterocycles. The Hall–Kier alpha value is -1.67. The number of aromatic nitrogens is 1. The van der Waals surface area contributed by atoms with E-state index in [9.17, 15) is 0 Å². The first-order chi connectivity index (χ1) is 9.59. The minimum atomic E-state index is -0.366. The zero-order valence-corrected chi connectivity index (χ0v) is 12.3. The molecule has 20 heavy (non-hydrogen) atoms. The van der Waals surface area contributed by atoms with Gasteiger partial charge in [0.2, 0.25) is 0 Å². The maximum absolute atomic E-state index is 6.76. The molecule has 0 amide bonds. The standard InChI is InChI=1S/C18H22N2/c1-13-6-3-9-15(12-13)18(2,19)16-10-4-7-14-8-5-11-20-17(14)16/h3,5-6,8-9,11-12,16H,4,7,10,19H2,1-2H3. The summed E-state index contributed by atoms with van der Waals surface area (Å²) in [6, 6.07) is 12.8. The van der Waals surface area contributed by atoms with Gasteiger partial charge in [-0.15, -0.1) is 0 Å². The Balaban J connectivity index is 2.04. The molecule has 2 atom stereocenters. The molecule has 2 N–H and O–H groups in total. The minimum Gasteiger partial charge on any atom is -0.321 e. The Morgan fingerprint density at radius 2 is 2.10 bits per heavy atom. The van der Waals surface area contributed by atoms with Crippen LogP contribution in [-0.2, 0) is 12.0 Å². The highest BCUT2D eigenvalue weighted by Crippen LogP contribution is 2.41. The molecule has 1 aromatic carbocycles.